The molecule has 0 aromatic carbocycles. The maximum Gasteiger partial charge on any atom is 0.408 e. The number of carbonyl (C=O) groups is 2. The molecule has 0 bridgehead atoms. The highest BCUT2D eigenvalue weighted by atomic mass is 16.4. The molecule has 1 heterocycles. The molecule has 1 saturated heterocycles. The summed E-state index contributed by atoms with van der Waals surface area (Å²) in [5, 5.41) is 17.3. The maximum atomic E-state index is 10.6. The van der Waals surface area contributed by atoms with E-state index in [1.165, 1.54) is 0 Å². The molecule has 68 valence electrons. The summed E-state index contributed by atoms with van der Waals surface area (Å²) in [5.41, 5.74) is 0. The predicted octanol–water partition coefficient (Wildman–Crippen LogP) is 0.602. The van der Waals surface area contributed by atoms with Gasteiger partial charge in [0.25, 0.3) is 0 Å². The molecule has 12 heavy (non-hydrogen) atoms. The number of hydrogen-bond donors (Lipinski definition) is 2. The first-order valence-electron chi connectivity index (χ1n) is 3.78. The number of rotatable bonds is 1. The fourth-order valence-corrected chi connectivity index (χ4v) is 1.55. The van der Waals surface area contributed by atoms with Gasteiger partial charge in [0.05, 0.1) is 0 Å². The van der Waals surface area contributed by atoms with Crippen LogP contribution in [0, 0.1) is 0 Å². The van der Waals surface area contributed by atoms with Crippen LogP contribution in [0.5, 0.6) is 0 Å². The van der Waals surface area contributed by atoms with E-state index in [0.29, 0.717) is 12.8 Å². The van der Waals surface area contributed by atoms with E-state index in [2.05, 4.69) is 0 Å². The van der Waals surface area contributed by atoms with E-state index in [1.807, 2.05) is 0 Å². The van der Waals surface area contributed by atoms with Crippen molar-refractivity contribution < 1.29 is 19.8 Å². The molecule has 0 radical (unpaired) electrons. The van der Waals surface area contributed by atoms with Gasteiger partial charge < -0.3 is 10.2 Å². The Kier molecular flexibility index (Phi) is 2.21. The van der Waals surface area contributed by atoms with Crippen LogP contribution >= 0.6 is 0 Å². The molecular weight excluding hydrogens is 162 g/mol. The van der Waals surface area contributed by atoms with Gasteiger partial charge in [0.1, 0.15) is 6.04 Å². The lowest BCUT2D eigenvalue weighted by atomic mass is 10.2. The Morgan fingerprint density at radius 3 is 2.25 bits per heavy atom. The van der Waals surface area contributed by atoms with Crippen molar-refractivity contribution in [3.8, 4) is 0 Å². The van der Waals surface area contributed by atoms with Crippen LogP contribution in [0.1, 0.15) is 19.8 Å². The van der Waals surface area contributed by atoms with Crippen molar-refractivity contribution >= 4 is 12.1 Å². The molecule has 1 aliphatic rings. The molecule has 1 fully saturated rings. The fourth-order valence-electron chi connectivity index (χ4n) is 1.55. The van der Waals surface area contributed by atoms with Gasteiger partial charge in [-0.25, -0.2) is 9.59 Å². The summed E-state index contributed by atoms with van der Waals surface area (Å²) in [6.45, 7) is 1.72. The van der Waals surface area contributed by atoms with Crippen molar-refractivity contribution in [2.75, 3.05) is 0 Å². The molecule has 1 amide bonds. The summed E-state index contributed by atoms with van der Waals surface area (Å²) in [5.74, 6) is -1.05. The van der Waals surface area contributed by atoms with Crippen molar-refractivity contribution in [1.29, 1.82) is 0 Å². The number of nitrogens with zero attached hydrogens (tertiary/aromatic N) is 1. The molecular formula is C7H11NO4. The van der Waals surface area contributed by atoms with Crippen LogP contribution in [0.4, 0.5) is 4.79 Å². The van der Waals surface area contributed by atoms with Crippen molar-refractivity contribution in [2.45, 2.75) is 31.8 Å². The molecule has 0 saturated carbocycles. The second-order valence-electron chi connectivity index (χ2n) is 2.97. The minimum atomic E-state index is -1.15. The van der Waals surface area contributed by atoms with E-state index in [9.17, 15) is 9.59 Å². The molecule has 0 aromatic rings. The van der Waals surface area contributed by atoms with E-state index >= 15 is 0 Å². The van der Waals surface area contributed by atoms with Crippen LogP contribution in [0.15, 0.2) is 0 Å². The summed E-state index contributed by atoms with van der Waals surface area (Å²) in [4.78, 5) is 22.1. The summed E-state index contributed by atoms with van der Waals surface area (Å²) in [7, 11) is 0. The molecule has 5 heteroatoms. The number of carboxylic acids is 1. The predicted molar refractivity (Wildman–Crippen MR) is 40.0 cm³/mol. The highest BCUT2D eigenvalue weighted by Crippen LogP contribution is 2.23. The molecule has 0 aromatic heterocycles. The molecule has 2 atom stereocenters. The third-order valence-corrected chi connectivity index (χ3v) is 2.17. The zero-order valence-electron chi connectivity index (χ0n) is 6.73. The Balaban J connectivity index is 2.77. The molecule has 2 N–H and O–H groups in total. The van der Waals surface area contributed by atoms with Crippen molar-refractivity contribution in [1.82, 2.24) is 4.90 Å². The average Bonchev–Trinajstić information content (AvgIpc) is 2.30. The van der Waals surface area contributed by atoms with Gasteiger partial charge in [-0.1, -0.05) is 0 Å². The number of aliphatic carboxylic acids is 1. The van der Waals surface area contributed by atoms with Crippen molar-refractivity contribution in [3.05, 3.63) is 0 Å². The Labute approximate surface area is 69.6 Å². The Morgan fingerprint density at radius 2 is 1.92 bits per heavy atom. The van der Waals surface area contributed by atoms with Crippen molar-refractivity contribution in [2.24, 2.45) is 0 Å². The Bertz CT molecular complexity index is 215. The zero-order valence-corrected chi connectivity index (χ0v) is 6.73. The van der Waals surface area contributed by atoms with Crippen LogP contribution < -0.4 is 0 Å². The minimum Gasteiger partial charge on any atom is -0.480 e. The molecule has 0 aliphatic carbocycles. The average molecular weight is 173 g/mol. The maximum absolute atomic E-state index is 10.6. The standard InChI is InChI=1S/C7H11NO4/c1-4-2-3-5(6(9)10)8(4)7(11)12/h4-5H,2-3H2,1H3,(H,9,10)(H,11,12)/t4-,5-/m0/s1. The summed E-state index contributed by atoms with van der Waals surface area (Å²) >= 11 is 0. The topological polar surface area (TPSA) is 77.8 Å². The van der Waals surface area contributed by atoms with Crippen molar-refractivity contribution in [3.63, 3.8) is 0 Å². The Morgan fingerprint density at radius 1 is 1.33 bits per heavy atom. The van der Waals surface area contributed by atoms with Gasteiger partial charge >= 0.3 is 12.1 Å². The van der Waals surface area contributed by atoms with Gasteiger partial charge in [0, 0.05) is 6.04 Å². The quantitative estimate of drug-likeness (QED) is 0.608. The molecule has 5 nitrogen and oxygen atoms in total. The summed E-state index contributed by atoms with van der Waals surface area (Å²) in [6.07, 6.45) is -0.0982. The smallest absolute Gasteiger partial charge is 0.408 e. The van der Waals surface area contributed by atoms with Gasteiger partial charge in [-0.2, -0.15) is 0 Å². The van der Waals surface area contributed by atoms with E-state index in [1.54, 1.807) is 6.92 Å². The third-order valence-electron chi connectivity index (χ3n) is 2.17. The van der Waals surface area contributed by atoms with Crippen LogP contribution in [-0.2, 0) is 4.79 Å². The highest BCUT2D eigenvalue weighted by Gasteiger charge is 2.38. The second kappa shape index (κ2) is 3.00. The molecule has 0 spiro atoms. The normalized spacial score (nSPS) is 28.9. The third kappa shape index (κ3) is 1.34. The Hall–Kier alpha value is -1.26. The van der Waals surface area contributed by atoms with Gasteiger partial charge in [-0.05, 0) is 19.8 Å². The van der Waals surface area contributed by atoms with Crippen LogP contribution in [0.25, 0.3) is 0 Å². The van der Waals surface area contributed by atoms with E-state index < -0.39 is 18.1 Å². The van der Waals surface area contributed by atoms with E-state index in [4.69, 9.17) is 10.2 Å². The van der Waals surface area contributed by atoms with Gasteiger partial charge in [0.2, 0.25) is 0 Å². The fraction of sp³-hybridized carbons (Fsp3) is 0.714. The van der Waals surface area contributed by atoms with Gasteiger partial charge in [0.15, 0.2) is 0 Å². The number of hydrogen-bond acceptors (Lipinski definition) is 2. The van der Waals surface area contributed by atoms with Gasteiger partial charge in [-0.15, -0.1) is 0 Å². The van der Waals surface area contributed by atoms with Crippen LogP contribution in [0.2, 0.25) is 0 Å². The lowest BCUT2D eigenvalue weighted by Gasteiger charge is -2.21. The first-order valence-corrected chi connectivity index (χ1v) is 3.78. The number of amides is 1. The number of carboxylic acid groups (broad SMARTS) is 2. The lowest BCUT2D eigenvalue weighted by molar-refractivity contribution is -0.141. The van der Waals surface area contributed by atoms with Gasteiger partial charge in [-0.3, -0.25) is 4.90 Å². The SMILES string of the molecule is C[C@H]1CC[C@@H](C(=O)O)N1C(=O)O. The van der Waals surface area contributed by atoms with E-state index in [-0.39, 0.29) is 6.04 Å². The monoisotopic (exact) mass is 173 g/mol. The summed E-state index contributed by atoms with van der Waals surface area (Å²) < 4.78 is 0. The summed E-state index contributed by atoms with van der Waals surface area (Å²) in [6, 6.07) is -1.03. The first-order chi connectivity index (χ1) is 5.54. The zero-order chi connectivity index (χ0) is 9.30. The molecule has 1 rings (SSSR count). The first kappa shape index (κ1) is 8.83. The van der Waals surface area contributed by atoms with Crippen LogP contribution in [-0.4, -0.2) is 39.3 Å². The van der Waals surface area contributed by atoms with Crippen LogP contribution in [0.3, 0.4) is 0 Å². The molecule has 0 unspecified atom stereocenters. The minimum absolute atomic E-state index is 0.177. The largest absolute Gasteiger partial charge is 0.480 e. The molecule has 1 aliphatic heterocycles. The van der Waals surface area contributed by atoms with E-state index in [0.717, 1.165) is 4.90 Å². The number of likely N-dealkylation sites (tertiary alicyclic amines) is 1. The second-order valence-corrected chi connectivity index (χ2v) is 2.97. The lowest BCUT2D eigenvalue weighted by Crippen LogP contribution is -2.43. The highest BCUT2D eigenvalue weighted by molar-refractivity contribution is 5.80.